The molecule has 1 aromatic carbocycles. The fourth-order valence-electron chi connectivity index (χ4n) is 1.16. The average Bonchev–Trinajstić information content (AvgIpc) is 2.12. The third-order valence-electron chi connectivity index (χ3n) is 1.76. The van der Waals surface area contributed by atoms with Crippen LogP contribution >= 0.6 is 27.5 Å². The van der Waals surface area contributed by atoms with Crippen LogP contribution in [0.5, 0.6) is 0 Å². The van der Waals surface area contributed by atoms with E-state index in [0.717, 1.165) is 0 Å². The first-order valence-electron chi connectivity index (χ1n) is 3.55. The molecule has 66 valence electrons. The van der Waals surface area contributed by atoms with Crippen molar-refractivity contribution in [2.75, 3.05) is 0 Å². The second-order valence-electron chi connectivity index (χ2n) is 2.53. The zero-order valence-corrected chi connectivity index (χ0v) is 8.72. The highest BCUT2D eigenvalue weighted by Crippen LogP contribution is 2.26. The molecule has 0 fully saturated rings. The van der Waals surface area contributed by atoms with Crippen LogP contribution in [0, 0.1) is 0 Å². The first-order chi connectivity index (χ1) is 6.20. The molecular weight excluding hydrogens is 255 g/mol. The molecule has 0 bridgehead atoms. The van der Waals surface area contributed by atoms with Crippen molar-refractivity contribution in [1.82, 2.24) is 0 Å². The van der Waals surface area contributed by atoms with Crippen LogP contribution in [0.3, 0.4) is 0 Å². The largest absolute Gasteiger partial charge is 0.431 e. The van der Waals surface area contributed by atoms with Crippen molar-refractivity contribution >= 4 is 38.3 Å². The van der Waals surface area contributed by atoms with E-state index >= 15 is 0 Å². The maximum atomic E-state index is 11.3. The van der Waals surface area contributed by atoms with Crippen LogP contribution in [0.2, 0.25) is 5.02 Å². The van der Waals surface area contributed by atoms with Gasteiger partial charge in [0.05, 0.1) is 11.6 Å². The summed E-state index contributed by atoms with van der Waals surface area (Å²) >= 11 is 9.16. The maximum Gasteiger partial charge on any atom is 0.344 e. The van der Waals surface area contributed by atoms with Gasteiger partial charge in [-0.15, -0.1) is 0 Å². The SMILES string of the molecule is O=c1occc2c(Cl)ccc(Br)c12. The van der Waals surface area contributed by atoms with Crippen molar-refractivity contribution in [2.45, 2.75) is 0 Å². The van der Waals surface area contributed by atoms with E-state index in [-0.39, 0.29) is 5.63 Å². The van der Waals surface area contributed by atoms with Gasteiger partial charge in [-0.05, 0) is 34.1 Å². The summed E-state index contributed by atoms with van der Waals surface area (Å²) in [5.74, 6) is 0. The Morgan fingerprint density at radius 2 is 2.08 bits per heavy atom. The lowest BCUT2D eigenvalue weighted by molar-refractivity contribution is 0.519. The van der Waals surface area contributed by atoms with Gasteiger partial charge >= 0.3 is 5.63 Å². The molecule has 0 unspecified atom stereocenters. The molecule has 2 aromatic rings. The van der Waals surface area contributed by atoms with Crippen LogP contribution in [-0.4, -0.2) is 0 Å². The fraction of sp³-hybridized carbons (Fsp3) is 0. The standard InChI is InChI=1S/C9H4BrClO2/c10-6-1-2-7(11)5-3-4-13-9(12)8(5)6/h1-4H. The molecule has 0 aliphatic heterocycles. The minimum absolute atomic E-state index is 0.383. The maximum absolute atomic E-state index is 11.3. The average molecular weight is 259 g/mol. The minimum Gasteiger partial charge on any atom is -0.431 e. The molecule has 0 radical (unpaired) electrons. The van der Waals surface area contributed by atoms with Crippen LogP contribution in [0.25, 0.3) is 10.8 Å². The van der Waals surface area contributed by atoms with Crippen molar-refractivity contribution in [3.05, 3.63) is 44.4 Å². The second kappa shape index (κ2) is 3.16. The third-order valence-corrected chi connectivity index (χ3v) is 2.75. The molecule has 2 nitrogen and oxygen atoms in total. The van der Waals surface area contributed by atoms with Crippen LogP contribution in [0.4, 0.5) is 0 Å². The van der Waals surface area contributed by atoms with E-state index in [9.17, 15) is 4.79 Å². The third kappa shape index (κ3) is 1.38. The Bertz CT molecular complexity index is 518. The predicted molar refractivity (Wildman–Crippen MR) is 55.2 cm³/mol. The summed E-state index contributed by atoms with van der Waals surface area (Å²) in [7, 11) is 0. The van der Waals surface area contributed by atoms with Gasteiger partial charge in [0.15, 0.2) is 0 Å². The zero-order chi connectivity index (χ0) is 9.42. The van der Waals surface area contributed by atoms with Crippen LogP contribution in [-0.2, 0) is 0 Å². The summed E-state index contributed by atoms with van der Waals surface area (Å²) in [6.07, 6.45) is 1.34. The molecule has 0 atom stereocenters. The van der Waals surface area contributed by atoms with Gasteiger partial charge in [0.1, 0.15) is 0 Å². The normalized spacial score (nSPS) is 10.6. The fourth-order valence-corrected chi connectivity index (χ4v) is 1.89. The summed E-state index contributed by atoms with van der Waals surface area (Å²) in [6, 6.07) is 5.12. The quantitative estimate of drug-likeness (QED) is 0.727. The Balaban J connectivity index is 3.09. The highest BCUT2D eigenvalue weighted by Gasteiger charge is 2.06. The second-order valence-corrected chi connectivity index (χ2v) is 3.79. The van der Waals surface area contributed by atoms with E-state index in [1.165, 1.54) is 6.26 Å². The summed E-state index contributed by atoms with van der Waals surface area (Å²) in [5, 5.41) is 1.73. The van der Waals surface area contributed by atoms with Crippen molar-refractivity contribution in [3.63, 3.8) is 0 Å². The van der Waals surface area contributed by atoms with Gasteiger partial charge < -0.3 is 4.42 Å². The van der Waals surface area contributed by atoms with E-state index in [2.05, 4.69) is 15.9 Å². The summed E-state index contributed by atoms with van der Waals surface area (Å²) in [5.41, 5.74) is -0.383. The highest BCUT2D eigenvalue weighted by molar-refractivity contribution is 9.10. The Morgan fingerprint density at radius 3 is 2.77 bits per heavy atom. The molecule has 1 aromatic heterocycles. The van der Waals surface area contributed by atoms with Gasteiger partial charge in [-0.3, -0.25) is 0 Å². The minimum atomic E-state index is -0.383. The van der Waals surface area contributed by atoms with Crippen molar-refractivity contribution in [1.29, 1.82) is 0 Å². The molecule has 2 rings (SSSR count). The van der Waals surface area contributed by atoms with Gasteiger partial charge in [0.2, 0.25) is 0 Å². The lowest BCUT2D eigenvalue weighted by Crippen LogP contribution is -1.98. The summed E-state index contributed by atoms with van der Waals surface area (Å²) < 4.78 is 5.43. The molecule has 0 aliphatic carbocycles. The van der Waals surface area contributed by atoms with Gasteiger partial charge in [0, 0.05) is 14.9 Å². The first kappa shape index (κ1) is 8.78. The molecule has 1 heterocycles. The molecule has 4 heteroatoms. The Labute approximate surface area is 87.3 Å². The van der Waals surface area contributed by atoms with E-state index in [0.29, 0.717) is 20.3 Å². The predicted octanol–water partition coefficient (Wildman–Crippen LogP) is 3.21. The molecule has 0 saturated heterocycles. The van der Waals surface area contributed by atoms with Crippen LogP contribution in [0.15, 0.2) is 38.1 Å². The van der Waals surface area contributed by atoms with E-state index < -0.39 is 0 Å². The van der Waals surface area contributed by atoms with E-state index in [4.69, 9.17) is 16.0 Å². The first-order valence-corrected chi connectivity index (χ1v) is 4.73. The lowest BCUT2D eigenvalue weighted by atomic mass is 10.2. The molecule has 13 heavy (non-hydrogen) atoms. The number of hydrogen-bond donors (Lipinski definition) is 0. The number of halogens is 2. The Kier molecular flexibility index (Phi) is 2.14. The number of fused-ring (bicyclic) bond motifs is 1. The molecule has 0 aliphatic rings. The van der Waals surface area contributed by atoms with E-state index in [1.807, 2.05) is 0 Å². The summed E-state index contributed by atoms with van der Waals surface area (Å²) in [6.45, 7) is 0. The van der Waals surface area contributed by atoms with Crippen molar-refractivity contribution in [2.24, 2.45) is 0 Å². The van der Waals surface area contributed by atoms with Crippen LogP contribution in [0.1, 0.15) is 0 Å². The monoisotopic (exact) mass is 258 g/mol. The Morgan fingerprint density at radius 1 is 1.31 bits per heavy atom. The van der Waals surface area contributed by atoms with Crippen molar-refractivity contribution < 1.29 is 4.42 Å². The molecule has 0 saturated carbocycles. The zero-order valence-electron chi connectivity index (χ0n) is 6.38. The summed E-state index contributed by atoms with van der Waals surface area (Å²) in [4.78, 5) is 11.3. The number of hydrogen-bond acceptors (Lipinski definition) is 2. The molecule has 0 amide bonds. The van der Waals surface area contributed by atoms with Gasteiger partial charge in [-0.2, -0.15) is 0 Å². The molecule has 0 spiro atoms. The van der Waals surface area contributed by atoms with Crippen LogP contribution < -0.4 is 5.63 Å². The highest BCUT2D eigenvalue weighted by atomic mass is 79.9. The number of benzene rings is 1. The smallest absolute Gasteiger partial charge is 0.344 e. The Hall–Kier alpha value is -0.800. The van der Waals surface area contributed by atoms with Crippen molar-refractivity contribution in [3.8, 4) is 0 Å². The lowest BCUT2D eigenvalue weighted by Gasteiger charge is -1.99. The topological polar surface area (TPSA) is 30.2 Å². The van der Waals surface area contributed by atoms with Gasteiger partial charge in [-0.25, -0.2) is 4.79 Å². The molecule has 0 N–H and O–H groups in total. The molecular formula is C9H4BrClO2. The van der Waals surface area contributed by atoms with Gasteiger partial charge in [-0.1, -0.05) is 11.6 Å². The number of rotatable bonds is 0. The van der Waals surface area contributed by atoms with E-state index in [1.54, 1.807) is 18.2 Å². The van der Waals surface area contributed by atoms with Gasteiger partial charge in [0.25, 0.3) is 0 Å².